The quantitative estimate of drug-likeness (QED) is 0.512. The lowest BCUT2D eigenvalue weighted by molar-refractivity contribution is -0.141. The van der Waals surface area contributed by atoms with Crippen LogP contribution in [0, 0.1) is 0 Å². The Hall–Kier alpha value is -1.58. The molecule has 0 radical (unpaired) electrons. The predicted molar refractivity (Wildman–Crippen MR) is 53.8 cm³/mol. The number of amides is 1. The van der Waals surface area contributed by atoms with Crippen LogP contribution in [0.3, 0.4) is 0 Å². The first-order valence-electron chi connectivity index (χ1n) is 4.44. The van der Waals surface area contributed by atoms with Crippen LogP contribution in [-0.2, 0) is 9.59 Å². The van der Waals surface area contributed by atoms with Crippen molar-refractivity contribution in [2.24, 2.45) is 0 Å². The smallest absolute Gasteiger partial charge is 0.326 e. The van der Waals surface area contributed by atoms with E-state index in [0.29, 0.717) is 6.42 Å². The lowest BCUT2D eigenvalue weighted by Crippen LogP contribution is -2.39. The Morgan fingerprint density at radius 1 is 1.43 bits per heavy atom. The van der Waals surface area contributed by atoms with Crippen molar-refractivity contribution < 1.29 is 14.7 Å². The monoisotopic (exact) mass is 197 g/mol. The van der Waals surface area contributed by atoms with Crippen LogP contribution < -0.4 is 5.32 Å². The maximum Gasteiger partial charge on any atom is 0.326 e. The van der Waals surface area contributed by atoms with Crippen LogP contribution in [0.25, 0.3) is 0 Å². The summed E-state index contributed by atoms with van der Waals surface area (Å²) < 4.78 is 0. The number of rotatable bonds is 5. The zero-order chi connectivity index (χ0) is 11.0. The lowest BCUT2D eigenvalue weighted by Gasteiger charge is -2.09. The summed E-state index contributed by atoms with van der Waals surface area (Å²) in [5, 5.41) is 11.0. The van der Waals surface area contributed by atoms with E-state index >= 15 is 0 Å². The normalized spacial score (nSPS) is 13.3. The van der Waals surface area contributed by atoms with E-state index in [4.69, 9.17) is 5.11 Å². The van der Waals surface area contributed by atoms with Crippen LogP contribution in [0.5, 0.6) is 0 Å². The van der Waals surface area contributed by atoms with Gasteiger partial charge in [0.05, 0.1) is 0 Å². The standard InChI is InChI=1S/C10H15NO3/c1-3-5-6-7-9(12)11-8(4-2)10(13)14/h3,5-8H,4H2,1-2H3,(H,11,12)(H,13,14)/b5-3?,7-6+/t8-/m0/s1. The SMILES string of the molecule is CC=C/C=C/C(=O)N[C@@H](CC)C(=O)O. The highest BCUT2D eigenvalue weighted by Crippen LogP contribution is 1.91. The molecule has 14 heavy (non-hydrogen) atoms. The molecule has 1 atom stereocenters. The molecule has 1 amide bonds. The molecule has 0 aliphatic heterocycles. The number of hydrogen-bond acceptors (Lipinski definition) is 2. The van der Waals surface area contributed by atoms with E-state index in [-0.39, 0.29) is 0 Å². The second kappa shape index (κ2) is 6.88. The molecule has 0 saturated carbocycles. The Bertz CT molecular complexity index is 256. The number of hydrogen-bond donors (Lipinski definition) is 2. The van der Waals surface area contributed by atoms with Gasteiger partial charge in [-0.25, -0.2) is 4.79 Å². The highest BCUT2D eigenvalue weighted by molar-refractivity contribution is 5.91. The van der Waals surface area contributed by atoms with Crippen molar-refractivity contribution in [3.63, 3.8) is 0 Å². The molecular weight excluding hydrogens is 182 g/mol. The fraction of sp³-hybridized carbons (Fsp3) is 0.400. The van der Waals surface area contributed by atoms with Crippen LogP contribution in [0.2, 0.25) is 0 Å². The van der Waals surface area contributed by atoms with E-state index in [0.717, 1.165) is 0 Å². The molecule has 4 heteroatoms. The molecule has 0 heterocycles. The molecule has 0 aromatic rings. The molecule has 0 bridgehead atoms. The zero-order valence-electron chi connectivity index (χ0n) is 8.36. The third kappa shape index (κ3) is 5.13. The van der Waals surface area contributed by atoms with Crippen molar-refractivity contribution in [3.8, 4) is 0 Å². The van der Waals surface area contributed by atoms with E-state index in [1.165, 1.54) is 6.08 Å². The van der Waals surface area contributed by atoms with E-state index in [1.54, 1.807) is 25.2 Å². The van der Waals surface area contributed by atoms with Gasteiger partial charge in [0.2, 0.25) is 5.91 Å². The van der Waals surface area contributed by atoms with Gasteiger partial charge in [0, 0.05) is 6.08 Å². The highest BCUT2D eigenvalue weighted by atomic mass is 16.4. The molecule has 78 valence electrons. The maximum absolute atomic E-state index is 11.1. The molecule has 0 saturated heterocycles. The summed E-state index contributed by atoms with van der Waals surface area (Å²) in [5.41, 5.74) is 0. The molecule has 0 aliphatic rings. The molecule has 0 spiro atoms. The van der Waals surface area contributed by atoms with Crippen molar-refractivity contribution in [2.75, 3.05) is 0 Å². The van der Waals surface area contributed by atoms with Gasteiger partial charge in [-0.3, -0.25) is 4.79 Å². The van der Waals surface area contributed by atoms with Gasteiger partial charge in [-0.1, -0.05) is 25.2 Å². The Morgan fingerprint density at radius 3 is 2.50 bits per heavy atom. The summed E-state index contributed by atoms with van der Waals surface area (Å²) in [6, 6.07) is -0.808. The van der Waals surface area contributed by atoms with Crippen LogP contribution in [-0.4, -0.2) is 23.0 Å². The molecule has 0 unspecified atom stereocenters. The Labute approximate surface area is 83.3 Å². The third-order valence-electron chi connectivity index (χ3n) is 1.57. The summed E-state index contributed by atoms with van der Waals surface area (Å²) in [4.78, 5) is 21.6. The van der Waals surface area contributed by atoms with Crippen molar-refractivity contribution in [1.29, 1.82) is 0 Å². The molecular formula is C10H15NO3. The highest BCUT2D eigenvalue weighted by Gasteiger charge is 2.15. The summed E-state index contributed by atoms with van der Waals surface area (Å²) in [6.45, 7) is 3.53. The van der Waals surface area contributed by atoms with Gasteiger partial charge in [-0.2, -0.15) is 0 Å². The van der Waals surface area contributed by atoms with Gasteiger partial charge in [0.25, 0.3) is 0 Å². The third-order valence-corrected chi connectivity index (χ3v) is 1.57. The molecule has 0 rings (SSSR count). The van der Waals surface area contributed by atoms with Gasteiger partial charge < -0.3 is 10.4 Å². The number of carbonyl (C=O) groups is 2. The van der Waals surface area contributed by atoms with Crippen LogP contribution in [0.15, 0.2) is 24.3 Å². The minimum atomic E-state index is -1.01. The van der Waals surface area contributed by atoms with E-state index in [9.17, 15) is 9.59 Å². The average molecular weight is 197 g/mol. The zero-order valence-corrected chi connectivity index (χ0v) is 8.36. The Morgan fingerprint density at radius 2 is 2.07 bits per heavy atom. The summed E-state index contributed by atoms with van der Waals surface area (Å²) in [6.07, 6.45) is 6.70. The largest absolute Gasteiger partial charge is 0.480 e. The van der Waals surface area contributed by atoms with Crippen molar-refractivity contribution in [2.45, 2.75) is 26.3 Å². The Kier molecular flexibility index (Phi) is 6.11. The lowest BCUT2D eigenvalue weighted by atomic mass is 10.2. The average Bonchev–Trinajstić information content (AvgIpc) is 2.14. The van der Waals surface area contributed by atoms with Gasteiger partial charge >= 0.3 is 5.97 Å². The number of allylic oxidation sites excluding steroid dienone is 3. The van der Waals surface area contributed by atoms with Crippen LogP contribution in [0.4, 0.5) is 0 Å². The van der Waals surface area contributed by atoms with Crippen molar-refractivity contribution >= 4 is 11.9 Å². The van der Waals surface area contributed by atoms with Crippen molar-refractivity contribution in [3.05, 3.63) is 24.3 Å². The summed E-state index contributed by atoms with van der Waals surface area (Å²) in [5.74, 6) is -1.40. The topological polar surface area (TPSA) is 66.4 Å². The van der Waals surface area contributed by atoms with Gasteiger partial charge in [-0.05, 0) is 13.3 Å². The molecule has 0 aliphatic carbocycles. The summed E-state index contributed by atoms with van der Waals surface area (Å²) >= 11 is 0. The molecule has 0 fully saturated rings. The number of carbonyl (C=O) groups excluding carboxylic acids is 1. The number of carboxylic acid groups (broad SMARTS) is 1. The minimum absolute atomic E-state index is 0.374. The second-order valence-electron chi connectivity index (χ2n) is 2.69. The predicted octanol–water partition coefficient (Wildman–Crippen LogP) is 1.10. The summed E-state index contributed by atoms with van der Waals surface area (Å²) in [7, 11) is 0. The van der Waals surface area contributed by atoms with Crippen LogP contribution in [0.1, 0.15) is 20.3 Å². The first-order chi connectivity index (χ1) is 6.61. The first kappa shape index (κ1) is 12.4. The molecule has 0 aromatic carbocycles. The maximum atomic E-state index is 11.1. The van der Waals surface area contributed by atoms with Gasteiger partial charge in [0.1, 0.15) is 6.04 Å². The number of carboxylic acids is 1. The van der Waals surface area contributed by atoms with E-state index in [2.05, 4.69) is 5.32 Å². The fourth-order valence-electron chi connectivity index (χ4n) is 0.812. The molecule has 0 aromatic heterocycles. The number of aliphatic carboxylic acids is 1. The minimum Gasteiger partial charge on any atom is -0.480 e. The fourth-order valence-corrected chi connectivity index (χ4v) is 0.812. The van der Waals surface area contributed by atoms with Crippen LogP contribution >= 0.6 is 0 Å². The first-order valence-corrected chi connectivity index (χ1v) is 4.44. The number of nitrogens with one attached hydrogen (secondary N) is 1. The van der Waals surface area contributed by atoms with E-state index in [1.807, 2.05) is 6.92 Å². The Balaban J connectivity index is 4.09. The molecule has 2 N–H and O–H groups in total. The van der Waals surface area contributed by atoms with Gasteiger partial charge in [0.15, 0.2) is 0 Å². The van der Waals surface area contributed by atoms with Gasteiger partial charge in [-0.15, -0.1) is 0 Å². The second-order valence-corrected chi connectivity index (χ2v) is 2.69. The molecule has 4 nitrogen and oxygen atoms in total. The van der Waals surface area contributed by atoms with Crippen molar-refractivity contribution in [1.82, 2.24) is 5.32 Å². The van der Waals surface area contributed by atoms with E-state index < -0.39 is 17.9 Å².